The first kappa shape index (κ1) is 19.9. The minimum atomic E-state index is -0.397. The fourth-order valence-electron chi connectivity index (χ4n) is 2.63. The number of nitrogens with zero attached hydrogens (tertiary/aromatic N) is 4. The summed E-state index contributed by atoms with van der Waals surface area (Å²) >= 11 is 7.06. The number of hydrogen-bond acceptors (Lipinski definition) is 7. The van der Waals surface area contributed by atoms with E-state index in [9.17, 15) is 9.59 Å². The molecule has 4 rings (SSSR count). The van der Waals surface area contributed by atoms with Crippen molar-refractivity contribution >= 4 is 40.7 Å². The standard InChI is InChI=1S/C19H15ClN6O3S/c1-29-14-8-6-13(7-9-14)21-15(27)10-30-19-24-23-18-22-17(28)16(25-26(18)19)11-2-4-12(20)5-3-11/h2-9H,10H2,1H3,(H,21,27)(H,22,23,28). The smallest absolute Gasteiger partial charge is 0.279 e. The number of aromatic nitrogens is 5. The van der Waals surface area contributed by atoms with Gasteiger partial charge in [0, 0.05) is 16.3 Å². The Morgan fingerprint density at radius 3 is 2.60 bits per heavy atom. The van der Waals surface area contributed by atoms with Crippen LogP contribution in [-0.4, -0.2) is 43.6 Å². The minimum absolute atomic E-state index is 0.0872. The fraction of sp³-hybridized carbons (Fsp3) is 0.105. The number of amides is 1. The lowest BCUT2D eigenvalue weighted by atomic mass is 10.2. The normalized spacial score (nSPS) is 10.9. The van der Waals surface area contributed by atoms with Crippen LogP contribution < -0.4 is 15.6 Å². The molecule has 2 N–H and O–H groups in total. The van der Waals surface area contributed by atoms with Crippen LogP contribution in [0.5, 0.6) is 5.75 Å². The van der Waals surface area contributed by atoms with Crippen molar-refractivity contribution in [1.29, 1.82) is 0 Å². The van der Waals surface area contributed by atoms with E-state index >= 15 is 0 Å². The van der Waals surface area contributed by atoms with Gasteiger partial charge in [0.25, 0.3) is 11.3 Å². The zero-order valence-electron chi connectivity index (χ0n) is 15.6. The third kappa shape index (κ3) is 4.29. The number of halogens is 1. The van der Waals surface area contributed by atoms with Crippen LogP contribution in [0.4, 0.5) is 5.69 Å². The van der Waals surface area contributed by atoms with Crippen LogP contribution in [-0.2, 0) is 4.79 Å². The monoisotopic (exact) mass is 442 g/mol. The largest absolute Gasteiger partial charge is 0.497 e. The second-order valence-corrected chi connectivity index (χ2v) is 7.47. The number of thioether (sulfide) groups is 1. The number of carbonyl (C=O) groups excluding carboxylic acids is 1. The predicted octanol–water partition coefficient (Wildman–Crippen LogP) is 2.87. The van der Waals surface area contributed by atoms with Gasteiger partial charge in [-0.25, -0.2) is 0 Å². The Morgan fingerprint density at radius 2 is 1.90 bits per heavy atom. The molecule has 4 aromatic rings. The first-order chi connectivity index (χ1) is 14.5. The van der Waals surface area contributed by atoms with Gasteiger partial charge in [0.05, 0.1) is 12.9 Å². The zero-order valence-corrected chi connectivity index (χ0v) is 17.2. The molecule has 152 valence electrons. The van der Waals surface area contributed by atoms with Gasteiger partial charge in [0.15, 0.2) is 5.69 Å². The molecule has 0 saturated heterocycles. The molecule has 0 saturated carbocycles. The van der Waals surface area contributed by atoms with Crippen LogP contribution in [0.3, 0.4) is 0 Å². The van der Waals surface area contributed by atoms with Crippen molar-refractivity contribution in [3.8, 4) is 17.0 Å². The van der Waals surface area contributed by atoms with Gasteiger partial charge in [-0.1, -0.05) is 35.5 Å². The van der Waals surface area contributed by atoms with Gasteiger partial charge in [0.1, 0.15) is 5.75 Å². The van der Waals surface area contributed by atoms with Gasteiger partial charge in [0.2, 0.25) is 11.1 Å². The molecule has 2 heterocycles. The van der Waals surface area contributed by atoms with Crippen molar-refractivity contribution in [2.75, 3.05) is 18.2 Å². The molecule has 11 heteroatoms. The number of benzene rings is 2. The predicted molar refractivity (Wildman–Crippen MR) is 114 cm³/mol. The Bertz CT molecular complexity index is 1250. The highest BCUT2D eigenvalue weighted by Crippen LogP contribution is 2.20. The van der Waals surface area contributed by atoms with Crippen molar-refractivity contribution in [3.05, 3.63) is 63.9 Å². The van der Waals surface area contributed by atoms with Crippen molar-refractivity contribution in [2.45, 2.75) is 5.16 Å². The molecule has 0 fully saturated rings. The number of rotatable bonds is 6. The summed E-state index contributed by atoms with van der Waals surface area (Å²) in [7, 11) is 1.58. The molecule has 0 bridgehead atoms. The van der Waals surface area contributed by atoms with E-state index in [1.165, 1.54) is 4.52 Å². The molecule has 2 aromatic heterocycles. The molecule has 0 aliphatic carbocycles. The summed E-state index contributed by atoms with van der Waals surface area (Å²) in [6.07, 6.45) is 0. The van der Waals surface area contributed by atoms with Gasteiger partial charge < -0.3 is 10.1 Å². The summed E-state index contributed by atoms with van der Waals surface area (Å²) in [5, 5.41) is 16.0. The quantitative estimate of drug-likeness (QED) is 0.441. The summed E-state index contributed by atoms with van der Waals surface area (Å²) < 4.78 is 6.49. The van der Waals surface area contributed by atoms with E-state index in [4.69, 9.17) is 16.3 Å². The number of methoxy groups -OCH3 is 1. The molecule has 0 aliphatic rings. The number of anilines is 1. The fourth-order valence-corrected chi connectivity index (χ4v) is 3.43. The van der Waals surface area contributed by atoms with Crippen LogP contribution in [0.2, 0.25) is 5.02 Å². The topological polar surface area (TPSA) is 114 Å². The third-order valence-electron chi connectivity index (χ3n) is 4.08. The maximum Gasteiger partial charge on any atom is 0.279 e. The van der Waals surface area contributed by atoms with E-state index in [0.717, 1.165) is 11.8 Å². The highest BCUT2D eigenvalue weighted by atomic mass is 35.5. The number of nitrogens with one attached hydrogen (secondary N) is 2. The third-order valence-corrected chi connectivity index (χ3v) is 5.25. The second-order valence-electron chi connectivity index (χ2n) is 6.09. The average molecular weight is 443 g/mol. The van der Waals surface area contributed by atoms with Gasteiger partial charge in [-0.2, -0.15) is 9.61 Å². The lowest BCUT2D eigenvalue weighted by Gasteiger charge is -2.06. The first-order valence-corrected chi connectivity index (χ1v) is 10.1. The number of aromatic amines is 1. The van der Waals surface area contributed by atoms with Crippen molar-refractivity contribution < 1.29 is 9.53 Å². The summed E-state index contributed by atoms with van der Waals surface area (Å²) in [5.41, 5.74) is 1.05. The van der Waals surface area contributed by atoms with E-state index in [1.807, 2.05) is 0 Å². The Morgan fingerprint density at radius 1 is 1.17 bits per heavy atom. The Balaban J connectivity index is 1.51. The number of hydrogen-bond donors (Lipinski definition) is 2. The summed E-state index contributed by atoms with van der Waals surface area (Å²) in [5.74, 6) is 0.762. The molecular weight excluding hydrogens is 428 g/mol. The van der Waals surface area contributed by atoms with Crippen LogP contribution in [0.15, 0.2) is 58.5 Å². The van der Waals surface area contributed by atoms with Gasteiger partial charge in [-0.05, 0) is 36.4 Å². The van der Waals surface area contributed by atoms with Crippen LogP contribution >= 0.6 is 23.4 Å². The van der Waals surface area contributed by atoms with Crippen molar-refractivity contribution in [1.82, 2.24) is 24.8 Å². The second kappa shape index (κ2) is 8.56. The van der Waals surface area contributed by atoms with E-state index in [0.29, 0.717) is 27.2 Å². The lowest BCUT2D eigenvalue weighted by Crippen LogP contribution is -2.16. The Labute approximate surface area is 179 Å². The molecular formula is C19H15ClN6O3S. The van der Waals surface area contributed by atoms with Gasteiger partial charge >= 0.3 is 0 Å². The molecule has 1 amide bonds. The molecule has 2 aromatic carbocycles. The molecule has 0 unspecified atom stereocenters. The van der Waals surface area contributed by atoms with Gasteiger partial charge in [-0.3, -0.25) is 14.6 Å². The maximum atomic E-state index is 12.3. The first-order valence-electron chi connectivity index (χ1n) is 8.72. The SMILES string of the molecule is COc1ccc(NC(=O)CSc2nnc3[nH]c(=O)c(-c4ccc(Cl)cc4)nn23)cc1. The summed E-state index contributed by atoms with van der Waals surface area (Å²) in [6.45, 7) is 0. The molecule has 0 spiro atoms. The van der Waals surface area contributed by atoms with E-state index in [1.54, 1.807) is 55.6 Å². The Hall–Kier alpha value is -3.37. The number of carbonyl (C=O) groups is 1. The van der Waals surface area contributed by atoms with E-state index in [2.05, 4.69) is 25.6 Å². The van der Waals surface area contributed by atoms with Crippen LogP contribution in [0, 0.1) is 0 Å². The molecule has 0 radical (unpaired) electrons. The molecule has 0 atom stereocenters. The average Bonchev–Trinajstić information content (AvgIpc) is 3.14. The summed E-state index contributed by atoms with van der Waals surface area (Å²) in [4.78, 5) is 27.2. The highest BCUT2D eigenvalue weighted by Gasteiger charge is 2.14. The minimum Gasteiger partial charge on any atom is -0.497 e. The highest BCUT2D eigenvalue weighted by molar-refractivity contribution is 7.99. The van der Waals surface area contributed by atoms with Gasteiger partial charge in [-0.15, -0.1) is 10.2 Å². The summed E-state index contributed by atoms with van der Waals surface area (Å²) in [6, 6.07) is 13.8. The van der Waals surface area contributed by atoms with E-state index < -0.39 is 5.56 Å². The van der Waals surface area contributed by atoms with Crippen LogP contribution in [0.25, 0.3) is 17.0 Å². The lowest BCUT2D eigenvalue weighted by molar-refractivity contribution is -0.113. The number of fused-ring (bicyclic) bond motifs is 1. The number of ether oxygens (including phenoxy) is 1. The molecule has 0 aliphatic heterocycles. The Kier molecular flexibility index (Phi) is 5.68. The van der Waals surface area contributed by atoms with Crippen molar-refractivity contribution in [3.63, 3.8) is 0 Å². The van der Waals surface area contributed by atoms with Crippen molar-refractivity contribution in [2.24, 2.45) is 0 Å². The van der Waals surface area contributed by atoms with E-state index in [-0.39, 0.29) is 23.1 Å². The maximum absolute atomic E-state index is 12.3. The number of H-pyrrole nitrogens is 1. The molecule has 9 nitrogen and oxygen atoms in total. The van der Waals surface area contributed by atoms with Crippen LogP contribution in [0.1, 0.15) is 0 Å². The molecule has 30 heavy (non-hydrogen) atoms. The zero-order chi connectivity index (χ0) is 21.1.